The lowest BCUT2D eigenvalue weighted by Gasteiger charge is -2.05. The van der Waals surface area contributed by atoms with Gasteiger partial charge >= 0.3 is 0 Å². The summed E-state index contributed by atoms with van der Waals surface area (Å²) in [5.41, 5.74) is -0.259. The van der Waals surface area contributed by atoms with Crippen LogP contribution in [0.4, 0.5) is 13.2 Å². The molecule has 0 spiro atoms. The Balaban J connectivity index is 3.27. The third kappa shape index (κ3) is 1.55. The Morgan fingerprint density at radius 1 is 1.33 bits per heavy atom. The van der Waals surface area contributed by atoms with E-state index in [2.05, 4.69) is 0 Å². The summed E-state index contributed by atoms with van der Waals surface area (Å²) < 4.78 is 37.0. The second-order valence-corrected chi connectivity index (χ2v) is 2.75. The fourth-order valence-electron chi connectivity index (χ4n) is 0.851. The van der Waals surface area contributed by atoms with Crippen LogP contribution < -0.4 is 0 Å². The van der Waals surface area contributed by atoms with Crippen LogP contribution in [0.15, 0.2) is 12.1 Å². The van der Waals surface area contributed by atoms with Crippen molar-refractivity contribution in [3.05, 3.63) is 34.1 Å². The average Bonchev–Trinajstić information content (AvgIpc) is 2.00. The topological polar surface area (TPSA) is 0 Å². The zero-order valence-electron chi connectivity index (χ0n) is 6.24. The molecular weight excluding hydrogens is 189 g/mol. The van der Waals surface area contributed by atoms with Crippen molar-refractivity contribution < 1.29 is 13.2 Å². The monoisotopic (exact) mass is 194 g/mol. The molecule has 0 aromatic heterocycles. The zero-order chi connectivity index (χ0) is 9.30. The van der Waals surface area contributed by atoms with Crippen molar-refractivity contribution in [1.82, 2.24) is 0 Å². The number of benzene rings is 1. The normalized spacial score (nSPS) is 10.8. The average molecular weight is 195 g/mol. The summed E-state index contributed by atoms with van der Waals surface area (Å²) in [5.74, 6) is -0.565. The predicted octanol–water partition coefficient (Wildman–Crippen LogP) is 3.73. The lowest BCUT2D eigenvalue weighted by atomic mass is 10.1. The van der Waals surface area contributed by atoms with Gasteiger partial charge in [0.1, 0.15) is 5.82 Å². The standard InChI is InChI=1S/C8H6ClF3/c1-4-6(10)3-2-5(7(4)9)8(11)12/h2-3,8H,1H3. The van der Waals surface area contributed by atoms with E-state index < -0.39 is 12.2 Å². The van der Waals surface area contributed by atoms with Crippen LogP contribution >= 0.6 is 11.6 Å². The largest absolute Gasteiger partial charge is 0.265 e. The lowest BCUT2D eigenvalue weighted by Crippen LogP contribution is -1.91. The van der Waals surface area contributed by atoms with Crippen LogP contribution in [0.2, 0.25) is 5.02 Å². The zero-order valence-corrected chi connectivity index (χ0v) is 7.00. The SMILES string of the molecule is Cc1c(F)ccc(C(F)F)c1Cl. The van der Waals surface area contributed by atoms with Crippen LogP contribution in [0, 0.1) is 12.7 Å². The molecule has 0 aliphatic carbocycles. The molecule has 0 bridgehead atoms. The van der Waals surface area contributed by atoms with Crippen molar-refractivity contribution in [2.45, 2.75) is 13.3 Å². The summed E-state index contributed by atoms with van der Waals surface area (Å²) in [6.07, 6.45) is -2.66. The second kappa shape index (κ2) is 3.35. The highest BCUT2D eigenvalue weighted by Crippen LogP contribution is 2.30. The first-order chi connectivity index (χ1) is 5.54. The molecular formula is C8H6ClF3. The van der Waals surface area contributed by atoms with Crippen molar-refractivity contribution in [2.24, 2.45) is 0 Å². The molecule has 1 rings (SSSR count). The Kier molecular flexibility index (Phi) is 2.62. The molecule has 1 aromatic carbocycles. The highest BCUT2D eigenvalue weighted by molar-refractivity contribution is 6.32. The fourth-order valence-corrected chi connectivity index (χ4v) is 1.09. The number of rotatable bonds is 1. The second-order valence-electron chi connectivity index (χ2n) is 2.38. The van der Waals surface area contributed by atoms with Crippen molar-refractivity contribution in [1.29, 1.82) is 0 Å². The summed E-state index contributed by atoms with van der Waals surface area (Å²) in [5, 5.41) is -0.190. The Labute approximate surface area is 73.0 Å². The Morgan fingerprint density at radius 2 is 1.92 bits per heavy atom. The van der Waals surface area contributed by atoms with Crippen molar-refractivity contribution >= 4 is 11.6 Å². The van der Waals surface area contributed by atoms with Gasteiger partial charge in [0.2, 0.25) is 0 Å². The first-order valence-corrected chi connectivity index (χ1v) is 3.64. The van der Waals surface area contributed by atoms with Gasteiger partial charge in [-0.05, 0) is 19.1 Å². The van der Waals surface area contributed by atoms with Crippen molar-refractivity contribution in [3.8, 4) is 0 Å². The van der Waals surface area contributed by atoms with Crippen molar-refractivity contribution in [3.63, 3.8) is 0 Å². The summed E-state index contributed by atoms with van der Waals surface area (Å²) >= 11 is 5.47. The molecule has 0 unspecified atom stereocenters. The summed E-state index contributed by atoms with van der Waals surface area (Å²) in [4.78, 5) is 0. The minimum Gasteiger partial charge on any atom is -0.207 e. The van der Waals surface area contributed by atoms with Gasteiger partial charge in [-0.15, -0.1) is 0 Å². The van der Waals surface area contributed by atoms with Crippen LogP contribution in [-0.2, 0) is 0 Å². The smallest absolute Gasteiger partial charge is 0.207 e. The van der Waals surface area contributed by atoms with Gasteiger partial charge in [-0.2, -0.15) is 0 Å². The molecule has 0 nitrogen and oxygen atoms in total. The van der Waals surface area contributed by atoms with Gasteiger partial charge < -0.3 is 0 Å². The van der Waals surface area contributed by atoms with Crippen LogP contribution in [-0.4, -0.2) is 0 Å². The lowest BCUT2D eigenvalue weighted by molar-refractivity contribution is 0.151. The molecule has 4 heteroatoms. The highest BCUT2D eigenvalue weighted by atomic mass is 35.5. The van der Waals surface area contributed by atoms with Gasteiger partial charge in [0.05, 0.1) is 5.02 Å². The summed E-state index contributed by atoms with van der Waals surface area (Å²) in [6.45, 7) is 1.36. The predicted molar refractivity (Wildman–Crippen MR) is 41.1 cm³/mol. The van der Waals surface area contributed by atoms with E-state index in [0.29, 0.717) is 0 Å². The van der Waals surface area contributed by atoms with E-state index in [1.807, 2.05) is 0 Å². The number of alkyl halides is 2. The highest BCUT2D eigenvalue weighted by Gasteiger charge is 2.14. The molecule has 0 aliphatic heterocycles. The third-order valence-electron chi connectivity index (χ3n) is 1.59. The molecule has 66 valence electrons. The fraction of sp³-hybridized carbons (Fsp3) is 0.250. The molecule has 0 saturated heterocycles. The quantitative estimate of drug-likeness (QED) is 0.639. The molecule has 1 aromatic rings. The minimum atomic E-state index is -2.66. The first kappa shape index (κ1) is 9.39. The van der Waals surface area contributed by atoms with Crippen LogP contribution in [0.25, 0.3) is 0 Å². The molecule has 0 amide bonds. The number of hydrogen-bond acceptors (Lipinski definition) is 0. The minimum absolute atomic E-state index is 0.0643. The van der Waals surface area contributed by atoms with Gasteiger partial charge in [-0.25, -0.2) is 13.2 Å². The van der Waals surface area contributed by atoms with E-state index in [0.717, 1.165) is 12.1 Å². The van der Waals surface area contributed by atoms with Gasteiger partial charge in [0.25, 0.3) is 6.43 Å². The van der Waals surface area contributed by atoms with Crippen LogP contribution in [0.1, 0.15) is 17.6 Å². The molecule has 0 saturated carbocycles. The van der Waals surface area contributed by atoms with Crippen molar-refractivity contribution in [2.75, 3.05) is 0 Å². The Bertz CT molecular complexity index is 297. The molecule has 0 fully saturated rings. The Morgan fingerprint density at radius 3 is 2.42 bits per heavy atom. The van der Waals surface area contributed by atoms with Gasteiger partial charge in [0.15, 0.2) is 0 Å². The van der Waals surface area contributed by atoms with E-state index in [9.17, 15) is 13.2 Å². The summed E-state index contributed by atoms with van der Waals surface area (Å²) in [7, 11) is 0. The molecule has 0 N–H and O–H groups in total. The molecule has 0 heterocycles. The maximum Gasteiger partial charge on any atom is 0.265 e. The van der Waals surface area contributed by atoms with Crippen LogP contribution in [0.5, 0.6) is 0 Å². The van der Waals surface area contributed by atoms with Crippen LogP contribution in [0.3, 0.4) is 0 Å². The van der Waals surface area contributed by atoms with E-state index in [1.54, 1.807) is 0 Å². The third-order valence-corrected chi connectivity index (χ3v) is 2.09. The first-order valence-electron chi connectivity index (χ1n) is 3.26. The maximum absolute atomic E-state index is 12.7. The molecule has 0 aliphatic rings. The van der Waals surface area contributed by atoms with Gasteiger partial charge in [-0.1, -0.05) is 11.6 Å². The molecule has 0 atom stereocenters. The van der Waals surface area contributed by atoms with E-state index in [1.165, 1.54) is 6.92 Å². The molecule has 0 radical (unpaired) electrons. The van der Waals surface area contributed by atoms with Gasteiger partial charge in [0, 0.05) is 11.1 Å². The van der Waals surface area contributed by atoms with E-state index in [-0.39, 0.29) is 16.1 Å². The van der Waals surface area contributed by atoms with E-state index in [4.69, 9.17) is 11.6 Å². The Hall–Kier alpha value is -0.700. The number of hydrogen-bond donors (Lipinski definition) is 0. The van der Waals surface area contributed by atoms with Gasteiger partial charge in [-0.3, -0.25) is 0 Å². The molecule has 12 heavy (non-hydrogen) atoms. The maximum atomic E-state index is 12.7. The van der Waals surface area contributed by atoms with E-state index >= 15 is 0 Å². The summed E-state index contributed by atoms with van der Waals surface area (Å²) in [6, 6.07) is 1.98. The number of halogens is 4.